The number of hydrogen-bond acceptors (Lipinski definition) is 6. The molecule has 1 atom stereocenters. The molecule has 3 aromatic rings. The molecule has 0 aliphatic carbocycles. The normalized spacial score (nSPS) is 15.4. The third-order valence-electron chi connectivity index (χ3n) is 6.63. The summed E-state index contributed by atoms with van der Waals surface area (Å²) in [6.07, 6.45) is 4.62. The van der Waals surface area contributed by atoms with Crippen LogP contribution in [0.25, 0.3) is 11.3 Å². The summed E-state index contributed by atoms with van der Waals surface area (Å²) < 4.78 is 26.9. The highest BCUT2D eigenvalue weighted by molar-refractivity contribution is 7.84. The number of aromatic nitrogens is 4. The van der Waals surface area contributed by atoms with Gasteiger partial charge < -0.3 is 9.80 Å². The Kier molecular flexibility index (Phi) is 6.79. The van der Waals surface area contributed by atoms with Gasteiger partial charge in [0.25, 0.3) is 5.91 Å². The largest absolute Gasteiger partial charge is 0.355 e. The maximum atomic E-state index is 13.3. The summed E-state index contributed by atoms with van der Waals surface area (Å²) in [7, 11) is 2.18. The first-order valence-electron chi connectivity index (χ1n) is 11.2. The van der Waals surface area contributed by atoms with Gasteiger partial charge in [-0.25, -0.2) is 4.39 Å². The van der Waals surface area contributed by atoms with Crippen LogP contribution in [-0.2, 0) is 17.8 Å². The lowest BCUT2D eigenvalue weighted by Crippen LogP contribution is -2.46. The molecule has 180 valence electrons. The molecule has 1 unspecified atom stereocenters. The Morgan fingerprint density at radius 3 is 2.38 bits per heavy atom. The number of aryl methyl sites for hydroxylation is 1. The average molecular weight is 485 g/mol. The molecule has 1 aliphatic rings. The quantitative estimate of drug-likeness (QED) is 0.553. The number of rotatable bonds is 5. The minimum atomic E-state index is -1.30. The van der Waals surface area contributed by atoms with Gasteiger partial charge in [0.15, 0.2) is 5.82 Å². The molecule has 10 heteroatoms. The zero-order chi connectivity index (χ0) is 24.6. The fourth-order valence-electron chi connectivity index (χ4n) is 4.51. The summed E-state index contributed by atoms with van der Waals surface area (Å²) in [4.78, 5) is 17.1. The van der Waals surface area contributed by atoms with E-state index in [-0.39, 0.29) is 17.8 Å². The first-order chi connectivity index (χ1) is 16.2. The molecule has 0 N–H and O–H groups in total. The fourth-order valence-corrected chi connectivity index (χ4v) is 5.38. The Balaban J connectivity index is 1.46. The van der Waals surface area contributed by atoms with E-state index in [4.69, 9.17) is 0 Å². The Bertz CT molecular complexity index is 1240. The van der Waals surface area contributed by atoms with Crippen LogP contribution in [0.15, 0.2) is 35.5 Å². The van der Waals surface area contributed by atoms with Crippen molar-refractivity contribution in [3.05, 3.63) is 53.0 Å². The lowest BCUT2D eigenvalue weighted by atomic mass is 10.0. The molecule has 1 saturated heterocycles. The van der Waals surface area contributed by atoms with Crippen molar-refractivity contribution in [1.29, 1.82) is 0 Å². The minimum Gasteiger partial charge on any atom is -0.355 e. The maximum Gasteiger partial charge on any atom is 0.258 e. The second-order valence-corrected chi connectivity index (χ2v) is 10.00. The maximum absolute atomic E-state index is 13.3. The van der Waals surface area contributed by atoms with Gasteiger partial charge in [0, 0.05) is 45.0 Å². The summed E-state index contributed by atoms with van der Waals surface area (Å²) in [5, 5.41) is 13.5. The molecule has 0 saturated carbocycles. The number of carbonyl (C=O) groups is 1. The highest BCUT2D eigenvalue weighted by Crippen LogP contribution is 2.30. The third kappa shape index (κ3) is 4.46. The Labute approximate surface area is 201 Å². The van der Waals surface area contributed by atoms with Crippen LogP contribution in [0.3, 0.4) is 0 Å². The van der Waals surface area contributed by atoms with Gasteiger partial charge >= 0.3 is 0 Å². The average Bonchev–Trinajstić information content (AvgIpc) is 3.22. The van der Waals surface area contributed by atoms with Crippen molar-refractivity contribution in [2.24, 2.45) is 7.05 Å². The number of anilines is 1. The number of nitrogens with zero attached hydrogens (tertiary/aromatic N) is 6. The van der Waals surface area contributed by atoms with Gasteiger partial charge in [0.1, 0.15) is 10.8 Å². The van der Waals surface area contributed by atoms with Gasteiger partial charge in [0.05, 0.1) is 28.3 Å². The van der Waals surface area contributed by atoms with E-state index in [1.54, 1.807) is 37.4 Å². The first-order valence-corrected chi connectivity index (χ1v) is 12.7. The second kappa shape index (κ2) is 9.61. The molecule has 3 heterocycles. The summed E-state index contributed by atoms with van der Waals surface area (Å²) in [5.41, 5.74) is 4.04. The van der Waals surface area contributed by atoms with E-state index in [1.807, 2.05) is 13.8 Å². The van der Waals surface area contributed by atoms with E-state index in [0.29, 0.717) is 10.6 Å². The van der Waals surface area contributed by atoms with Crippen molar-refractivity contribution in [2.45, 2.75) is 37.8 Å². The number of hydrogen-bond donors (Lipinski definition) is 0. The van der Waals surface area contributed by atoms with Gasteiger partial charge in [-0.15, -0.1) is 10.2 Å². The lowest BCUT2D eigenvalue weighted by molar-refractivity contribution is 0.0705. The highest BCUT2D eigenvalue weighted by atomic mass is 32.2. The van der Waals surface area contributed by atoms with E-state index in [2.05, 4.69) is 20.2 Å². The van der Waals surface area contributed by atoms with Crippen LogP contribution in [0.5, 0.6) is 0 Å². The molecule has 0 spiro atoms. The molecular weight excluding hydrogens is 455 g/mol. The van der Waals surface area contributed by atoms with Crippen molar-refractivity contribution >= 4 is 22.5 Å². The van der Waals surface area contributed by atoms with Crippen LogP contribution < -0.4 is 4.90 Å². The van der Waals surface area contributed by atoms with Gasteiger partial charge in [-0.05, 0) is 62.1 Å². The van der Waals surface area contributed by atoms with Gasteiger partial charge in [-0.2, -0.15) is 5.10 Å². The fraction of sp³-hybridized carbons (Fsp3) is 0.417. The molecule has 0 radical (unpaired) electrons. The van der Waals surface area contributed by atoms with Gasteiger partial charge in [-0.3, -0.25) is 13.7 Å². The van der Waals surface area contributed by atoms with E-state index in [1.165, 1.54) is 23.0 Å². The minimum absolute atomic E-state index is 0.0648. The number of halogens is 1. The van der Waals surface area contributed by atoms with E-state index < -0.39 is 10.8 Å². The zero-order valence-electron chi connectivity index (χ0n) is 20.1. The molecule has 1 amide bonds. The molecule has 4 rings (SSSR count). The summed E-state index contributed by atoms with van der Waals surface area (Å²) in [6.45, 7) is 5.52. The number of piperidine rings is 1. The Morgan fingerprint density at radius 2 is 1.76 bits per heavy atom. The van der Waals surface area contributed by atoms with Crippen LogP contribution in [-0.4, -0.2) is 67.4 Å². The van der Waals surface area contributed by atoms with Crippen LogP contribution in [0, 0.1) is 19.7 Å². The monoisotopic (exact) mass is 484 g/mol. The van der Waals surface area contributed by atoms with E-state index in [0.717, 1.165) is 54.1 Å². The van der Waals surface area contributed by atoms with E-state index >= 15 is 0 Å². The van der Waals surface area contributed by atoms with Crippen molar-refractivity contribution in [3.8, 4) is 11.3 Å². The van der Waals surface area contributed by atoms with E-state index in [9.17, 15) is 13.4 Å². The molecule has 8 nitrogen and oxygen atoms in total. The number of benzene rings is 1. The molecule has 1 aromatic carbocycles. The highest BCUT2D eigenvalue weighted by Gasteiger charge is 2.30. The molecule has 1 aliphatic heterocycles. The number of amides is 1. The predicted molar refractivity (Wildman–Crippen MR) is 130 cm³/mol. The second-order valence-electron chi connectivity index (χ2n) is 8.70. The van der Waals surface area contributed by atoms with Crippen LogP contribution in [0.4, 0.5) is 10.2 Å². The summed E-state index contributed by atoms with van der Waals surface area (Å²) in [6, 6.07) is 6.34. The van der Waals surface area contributed by atoms with Crippen molar-refractivity contribution < 1.29 is 13.4 Å². The molecule has 34 heavy (non-hydrogen) atoms. The summed E-state index contributed by atoms with van der Waals surface area (Å²) in [5.74, 6) is 0.399. The standard InChI is InChI=1S/C24H29FN6O2S/c1-15-16(2)22(28-27-21(15)17-6-8-18(25)9-7-17)31-12-10-19(11-13-31)29(3)23(32)20-14-26-30(4)24(20)34(5)33/h6-9,14,19H,10-13H2,1-5H3. The SMILES string of the molecule is Cc1c(-c2ccc(F)cc2)nnc(N2CCC(N(C)C(=O)c3cnn(C)c3S(C)=O)CC2)c1C. The van der Waals surface area contributed by atoms with Crippen molar-refractivity contribution in [2.75, 3.05) is 31.3 Å². The van der Waals surface area contributed by atoms with Crippen LogP contribution >= 0.6 is 0 Å². The topological polar surface area (TPSA) is 84.2 Å². The smallest absolute Gasteiger partial charge is 0.258 e. The van der Waals surface area contributed by atoms with Crippen LogP contribution in [0.1, 0.15) is 34.3 Å². The number of carbonyl (C=O) groups excluding carboxylic acids is 1. The molecule has 2 aromatic heterocycles. The lowest BCUT2D eigenvalue weighted by Gasteiger charge is -2.37. The van der Waals surface area contributed by atoms with Crippen molar-refractivity contribution in [3.63, 3.8) is 0 Å². The third-order valence-corrected chi connectivity index (χ3v) is 7.66. The Morgan fingerprint density at radius 1 is 1.12 bits per heavy atom. The van der Waals surface area contributed by atoms with Crippen molar-refractivity contribution in [1.82, 2.24) is 24.9 Å². The predicted octanol–water partition coefficient (Wildman–Crippen LogP) is 3.11. The van der Waals surface area contributed by atoms with Gasteiger partial charge in [-0.1, -0.05) is 0 Å². The summed E-state index contributed by atoms with van der Waals surface area (Å²) >= 11 is 0. The van der Waals surface area contributed by atoms with Gasteiger partial charge in [0.2, 0.25) is 0 Å². The first kappa shape index (κ1) is 24.0. The molecule has 0 bridgehead atoms. The van der Waals surface area contributed by atoms with Crippen LogP contribution in [0.2, 0.25) is 0 Å². The molecular formula is C24H29FN6O2S. The Hall–Kier alpha value is -3.14. The zero-order valence-corrected chi connectivity index (χ0v) is 20.9. The molecule has 1 fully saturated rings.